The lowest BCUT2D eigenvalue weighted by Crippen LogP contribution is -2.52. The molecule has 0 aliphatic carbocycles. The number of nitrogens with zero attached hydrogens (tertiary/aromatic N) is 2. The van der Waals surface area contributed by atoms with E-state index in [-0.39, 0.29) is 11.9 Å². The first-order chi connectivity index (χ1) is 14.4. The van der Waals surface area contributed by atoms with E-state index in [4.69, 9.17) is 16.4 Å². The second-order valence-electron chi connectivity index (χ2n) is 7.78. The fourth-order valence-corrected chi connectivity index (χ4v) is 4.02. The minimum atomic E-state index is -0.663. The van der Waals surface area contributed by atoms with Crippen LogP contribution in [0.2, 0.25) is 5.02 Å². The highest BCUT2D eigenvalue weighted by Gasteiger charge is 2.45. The average molecular weight is 427 g/mol. The molecule has 1 atom stereocenters. The van der Waals surface area contributed by atoms with Crippen LogP contribution in [-0.4, -0.2) is 41.2 Å². The molecule has 0 bridgehead atoms. The van der Waals surface area contributed by atoms with Crippen molar-refractivity contribution in [1.82, 2.24) is 4.90 Å². The van der Waals surface area contributed by atoms with E-state index in [1.165, 1.54) is 0 Å². The van der Waals surface area contributed by atoms with Gasteiger partial charge in [-0.2, -0.15) is 0 Å². The zero-order valence-electron chi connectivity index (χ0n) is 16.7. The fourth-order valence-electron chi connectivity index (χ4n) is 3.83. The molecule has 2 aromatic carbocycles. The topological polar surface area (TPSA) is 83.0 Å². The van der Waals surface area contributed by atoms with Crippen LogP contribution in [0, 0.1) is 6.92 Å². The van der Waals surface area contributed by atoms with Gasteiger partial charge in [-0.15, -0.1) is 0 Å². The number of likely N-dealkylation sites (tertiary alicyclic amines) is 1. The number of rotatable bonds is 3. The minimum Gasteiger partial charge on any atom is -0.386 e. The van der Waals surface area contributed by atoms with Crippen molar-refractivity contribution in [2.24, 2.45) is 5.16 Å². The lowest BCUT2D eigenvalue weighted by Gasteiger charge is -2.38. The van der Waals surface area contributed by atoms with Crippen LogP contribution in [0.15, 0.2) is 53.7 Å². The highest BCUT2D eigenvalue weighted by Crippen LogP contribution is 2.34. The molecular weight excluding hydrogens is 404 g/mol. The van der Waals surface area contributed by atoms with Gasteiger partial charge >= 0.3 is 6.03 Å². The Bertz CT molecular complexity index is 1010. The fraction of sp³-hybridized carbons (Fsp3) is 0.318. The van der Waals surface area contributed by atoms with Gasteiger partial charge in [0.05, 0.1) is 6.54 Å². The largest absolute Gasteiger partial charge is 0.386 e. The van der Waals surface area contributed by atoms with E-state index in [1.54, 1.807) is 29.2 Å². The lowest BCUT2D eigenvalue weighted by atomic mass is 9.88. The van der Waals surface area contributed by atoms with Gasteiger partial charge in [-0.1, -0.05) is 35.0 Å². The number of hydrogen-bond acceptors (Lipinski definition) is 4. The van der Waals surface area contributed by atoms with E-state index >= 15 is 0 Å². The Morgan fingerprint density at radius 1 is 1.13 bits per heavy atom. The van der Waals surface area contributed by atoms with Crippen LogP contribution < -0.4 is 10.6 Å². The molecule has 0 aromatic heterocycles. The lowest BCUT2D eigenvalue weighted by molar-refractivity contribution is -0.110. The Morgan fingerprint density at radius 2 is 1.90 bits per heavy atom. The third-order valence-electron chi connectivity index (χ3n) is 5.28. The second-order valence-corrected chi connectivity index (χ2v) is 8.21. The van der Waals surface area contributed by atoms with Crippen LogP contribution >= 0.6 is 11.6 Å². The Labute approximate surface area is 180 Å². The van der Waals surface area contributed by atoms with Crippen LogP contribution in [0.1, 0.15) is 24.8 Å². The van der Waals surface area contributed by atoms with Crippen molar-refractivity contribution in [3.63, 3.8) is 0 Å². The molecule has 2 aromatic rings. The van der Waals surface area contributed by atoms with Gasteiger partial charge in [-0.05, 0) is 55.7 Å². The number of oxime groups is 1. The summed E-state index contributed by atoms with van der Waals surface area (Å²) in [5.74, 6) is -0.324. The first kappa shape index (κ1) is 20.2. The molecule has 156 valence electrons. The van der Waals surface area contributed by atoms with Crippen molar-refractivity contribution in [2.45, 2.75) is 31.8 Å². The number of anilines is 2. The van der Waals surface area contributed by atoms with Crippen molar-refractivity contribution in [1.29, 1.82) is 0 Å². The molecule has 2 N–H and O–H groups in total. The number of hydrogen-bond donors (Lipinski definition) is 2. The number of piperidine rings is 1. The molecule has 0 saturated carbocycles. The number of urea groups is 1. The van der Waals surface area contributed by atoms with E-state index in [0.29, 0.717) is 35.9 Å². The maximum Gasteiger partial charge on any atom is 0.321 e. The van der Waals surface area contributed by atoms with Crippen molar-refractivity contribution in [2.75, 3.05) is 23.7 Å². The van der Waals surface area contributed by atoms with E-state index in [0.717, 1.165) is 24.1 Å². The quantitative estimate of drug-likeness (QED) is 0.761. The molecule has 1 fully saturated rings. The summed E-state index contributed by atoms with van der Waals surface area (Å²) in [5, 5.41) is 10.3. The highest BCUT2D eigenvalue weighted by atomic mass is 35.5. The number of amides is 3. The summed E-state index contributed by atoms with van der Waals surface area (Å²) in [7, 11) is 0. The number of benzene rings is 2. The number of halogens is 1. The van der Waals surface area contributed by atoms with Crippen LogP contribution in [0.4, 0.5) is 16.2 Å². The Kier molecular flexibility index (Phi) is 5.63. The van der Waals surface area contributed by atoms with Crippen molar-refractivity contribution in [3.8, 4) is 0 Å². The zero-order chi connectivity index (χ0) is 21.1. The number of carbonyl (C=O) groups is 2. The highest BCUT2D eigenvalue weighted by molar-refractivity contribution is 6.43. The molecule has 3 amide bonds. The zero-order valence-corrected chi connectivity index (χ0v) is 17.4. The Balaban J connectivity index is 1.37. The summed E-state index contributed by atoms with van der Waals surface area (Å²) in [6, 6.07) is 14.4. The van der Waals surface area contributed by atoms with Gasteiger partial charge in [0.1, 0.15) is 5.71 Å². The standard InChI is InChI=1S/C22H23ClN4O3/c1-15-5-2-7-17(11-15)25-21(29)27-10-4-9-22(14-27)13-19(26-30-22)20(28)24-18-8-3-6-16(23)12-18/h2-3,5-8,11-12H,4,9-10,13-14H2,1H3,(H,24,28)(H,25,29)/t22-/m1/s1. The Morgan fingerprint density at radius 3 is 2.67 bits per heavy atom. The molecule has 4 rings (SSSR count). The summed E-state index contributed by atoms with van der Waals surface area (Å²) in [4.78, 5) is 32.7. The summed E-state index contributed by atoms with van der Waals surface area (Å²) < 4.78 is 0. The van der Waals surface area contributed by atoms with Crippen LogP contribution in [0.3, 0.4) is 0 Å². The molecule has 1 saturated heterocycles. The third-order valence-corrected chi connectivity index (χ3v) is 5.51. The van der Waals surface area contributed by atoms with Crippen molar-refractivity contribution in [3.05, 3.63) is 59.1 Å². The first-order valence-electron chi connectivity index (χ1n) is 9.87. The maximum absolute atomic E-state index is 12.7. The van der Waals surface area contributed by atoms with Crippen LogP contribution in [-0.2, 0) is 9.63 Å². The normalized spacial score (nSPS) is 20.5. The second kappa shape index (κ2) is 8.36. The monoisotopic (exact) mass is 426 g/mol. The van der Waals surface area contributed by atoms with Gasteiger partial charge < -0.3 is 20.4 Å². The van der Waals surface area contributed by atoms with Gasteiger partial charge in [0, 0.05) is 29.4 Å². The van der Waals surface area contributed by atoms with Gasteiger partial charge in [-0.3, -0.25) is 4.79 Å². The average Bonchev–Trinajstić information content (AvgIpc) is 3.11. The van der Waals surface area contributed by atoms with E-state index in [2.05, 4.69) is 15.8 Å². The molecule has 30 heavy (non-hydrogen) atoms. The molecule has 2 aliphatic rings. The SMILES string of the molecule is Cc1cccc(NC(=O)N2CCC[C@@]3(CC(C(=O)Nc4cccc(Cl)c4)=NO3)C2)c1. The molecule has 1 spiro atoms. The predicted octanol–water partition coefficient (Wildman–Crippen LogP) is 4.43. The van der Waals surface area contributed by atoms with Gasteiger partial charge in [0.2, 0.25) is 0 Å². The summed E-state index contributed by atoms with van der Waals surface area (Å²) >= 11 is 5.97. The molecule has 8 heteroatoms. The number of aryl methyl sites for hydroxylation is 1. The molecular formula is C22H23ClN4O3. The van der Waals surface area contributed by atoms with Crippen LogP contribution in [0.25, 0.3) is 0 Å². The molecule has 2 aliphatic heterocycles. The predicted molar refractivity (Wildman–Crippen MR) is 117 cm³/mol. The van der Waals surface area contributed by atoms with Crippen molar-refractivity contribution < 1.29 is 14.4 Å². The molecule has 0 radical (unpaired) electrons. The molecule has 7 nitrogen and oxygen atoms in total. The summed E-state index contributed by atoms with van der Waals surface area (Å²) in [6.45, 7) is 2.99. The Hall–Kier alpha value is -3.06. The number of nitrogens with one attached hydrogen (secondary N) is 2. The minimum absolute atomic E-state index is 0.180. The summed E-state index contributed by atoms with van der Waals surface area (Å²) in [6.07, 6.45) is 1.87. The van der Waals surface area contributed by atoms with E-state index in [1.807, 2.05) is 31.2 Å². The van der Waals surface area contributed by atoms with E-state index < -0.39 is 5.60 Å². The molecule has 0 unspecified atom stereocenters. The van der Waals surface area contributed by atoms with Crippen LogP contribution in [0.5, 0.6) is 0 Å². The summed E-state index contributed by atoms with van der Waals surface area (Å²) in [5.41, 5.74) is 2.08. The first-order valence-corrected chi connectivity index (χ1v) is 10.2. The third kappa shape index (κ3) is 4.57. The number of carbonyl (C=O) groups excluding carboxylic acids is 2. The van der Waals surface area contributed by atoms with E-state index in [9.17, 15) is 9.59 Å². The van der Waals surface area contributed by atoms with Gasteiger partial charge in [0.15, 0.2) is 5.60 Å². The molecule has 2 heterocycles. The smallest absolute Gasteiger partial charge is 0.321 e. The van der Waals surface area contributed by atoms with Crippen molar-refractivity contribution >= 4 is 40.6 Å². The van der Waals surface area contributed by atoms with Gasteiger partial charge in [-0.25, -0.2) is 4.79 Å². The van der Waals surface area contributed by atoms with Gasteiger partial charge in [0.25, 0.3) is 5.91 Å². The maximum atomic E-state index is 12.7.